The molecule has 0 bridgehead atoms. The molecule has 0 saturated carbocycles. The lowest BCUT2D eigenvalue weighted by molar-refractivity contribution is 1.06. The molecule has 0 aliphatic carbocycles. The molecule has 0 radical (unpaired) electrons. The maximum Gasteiger partial charge on any atom is 0.125 e. The third kappa shape index (κ3) is 3.96. The largest absolute Gasteiger partial charge is 0.242 e. The van der Waals surface area contributed by atoms with Gasteiger partial charge in [0.05, 0.1) is 5.69 Å². The van der Waals surface area contributed by atoms with Crippen molar-refractivity contribution >= 4 is 43.1 Å². The summed E-state index contributed by atoms with van der Waals surface area (Å²) in [6, 6.07) is 48.5. The highest BCUT2D eigenvalue weighted by molar-refractivity contribution is 6.22. The Labute approximate surface area is 238 Å². The number of nitrogens with zero attached hydrogens (tertiary/aromatic N) is 2. The summed E-state index contributed by atoms with van der Waals surface area (Å²) in [6.45, 7) is 1.94. The van der Waals surface area contributed by atoms with E-state index in [1.165, 1.54) is 65.3 Å². The normalized spacial score (nSPS) is 11.5. The van der Waals surface area contributed by atoms with Gasteiger partial charge in [-0.15, -0.1) is 0 Å². The Balaban J connectivity index is 1.51. The Morgan fingerprint density at radius 1 is 0.415 bits per heavy atom. The SMILES string of the molecule is Cc1nccc(-c2ccc3c(-c4ccc5ccccc5c4)c4ccccc4c(-c4ccc5ccccc5c4)c3c2)n1. The van der Waals surface area contributed by atoms with Gasteiger partial charge in [0.1, 0.15) is 5.82 Å². The second-order valence-corrected chi connectivity index (χ2v) is 10.7. The van der Waals surface area contributed by atoms with E-state index in [9.17, 15) is 0 Å². The van der Waals surface area contributed by atoms with Crippen LogP contribution in [-0.2, 0) is 0 Å². The molecule has 1 heterocycles. The molecular weight excluding hydrogens is 496 g/mol. The summed E-state index contributed by atoms with van der Waals surface area (Å²) in [5.74, 6) is 0.771. The van der Waals surface area contributed by atoms with Gasteiger partial charge in [-0.3, -0.25) is 0 Å². The molecule has 0 saturated heterocycles. The van der Waals surface area contributed by atoms with Crippen molar-refractivity contribution in [3.63, 3.8) is 0 Å². The monoisotopic (exact) mass is 522 g/mol. The Bertz CT molecular complexity index is 2280. The number of hydrogen-bond donors (Lipinski definition) is 0. The van der Waals surface area contributed by atoms with Gasteiger partial charge in [0.2, 0.25) is 0 Å². The van der Waals surface area contributed by atoms with Gasteiger partial charge in [-0.2, -0.15) is 0 Å². The van der Waals surface area contributed by atoms with Crippen molar-refractivity contribution in [1.82, 2.24) is 9.97 Å². The predicted molar refractivity (Wildman–Crippen MR) is 173 cm³/mol. The number of fused-ring (bicyclic) bond motifs is 4. The van der Waals surface area contributed by atoms with Crippen LogP contribution in [0.4, 0.5) is 0 Å². The van der Waals surface area contributed by atoms with Crippen LogP contribution >= 0.6 is 0 Å². The first-order valence-electron chi connectivity index (χ1n) is 14.0. The van der Waals surface area contributed by atoms with Crippen LogP contribution in [0, 0.1) is 6.92 Å². The molecule has 2 heteroatoms. The van der Waals surface area contributed by atoms with Crippen LogP contribution in [0.15, 0.2) is 140 Å². The fraction of sp³-hybridized carbons (Fsp3) is 0.0256. The fourth-order valence-electron chi connectivity index (χ4n) is 6.27. The van der Waals surface area contributed by atoms with Gasteiger partial charge in [-0.05, 0) is 96.5 Å². The van der Waals surface area contributed by atoms with Crippen LogP contribution in [0.1, 0.15) is 5.82 Å². The van der Waals surface area contributed by atoms with Gasteiger partial charge in [0, 0.05) is 11.8 Å². The number of benzene rings is 7. The molecule has 1 aromatic heterocycles. The number of aromatic nitrogens is 2. The van der Waals surface area contributed by atoms with Gasteiger partial charge in [0.15, 0.2) is 0 Å². The van der Waals surface area contributed by atoms with E-state index >= 15 is 0 Å². The Morgan fingerprint density at radius 2 is 0.927 bits per heavy atom. The molecule has 192 valence electrons. The molecule has 0 spiro atoms. The van der Waals surface area contributed by atoms with Gasteiger partial charge in [-0.25, -0.2) is 9.97 Å². The van der Waals surface area contributed by atoms with E-state index in [0.717, 1.165) is 17.1 Å². The minimum atomic E-state index is 0.771. The van der Waals surface area contributed by atoms with Gasteiger partial charge < -0.3 is 0 Å². The maximum absolute atomic E-state index is 4.76. The standard InChI is InChI=1S/C39H26N2/c1-25-40-21-20-37(41-25)30-18-19-35-36(24-30)39(32-17-15-27-9-3-5-11-29(27)23-32)34-13-7-6-12-33(34)38(35)31-16-14-26-8-2-4-10-28(26)22-31/h2-24H,1H3. The third-order valence-corrected chi connectivity index (χ3v) is 8.17. The van der Waals surface area contributed by atoms with E-state index in [0.29, 0.717) is 0 Å². The molecule has 41 heavy (non-hydrogen) atoms. The molecule has 0 atom stereocenters. The molecule has 0 N–H and O–H groups in total. The van der Waals surface area contributed by atoms with Crippen LogP contribution in [0.3, 0.4) is 0 Å². The van der Waals surface area contributed by atoms with Crippen LogP contribution in [0.5, 0.6) is 0 Å². The number of aryl methyl sites for hydroxylation is 1. The van der Waals surface area contributed by atoms with E-state index in [-0.39, 0.29) is 0 Å². The average molecular weight is 523 g/mol. The van der Waals surface area contributed by atoms with Crippen molar-refractivity contribution in [3.8, 4) is 33.5 Å². The molecule has 0 unspecified atom stereocenters. The Morgan fingerprint density at radius 3 is 1.54 bits per heavy atom. The van der Waals surface area contributed by atoms with E-state index in [1.807, 2.05) is 19.2 Å². The summed E-state index contributed by atoms with van der Waals surface area (Å²) in [5, 5.41) is 9.93. The molecule has 0 aliphatic heterocycles. The highest BCUT2D eigenvalue weighted by Crippen LogP contribution is 2.45. The van der Waals surface area contributed by atoms with E-state index < -0.39 is 0 Å². The summed E-state index contributed by atoms with van der Waals surface area (Å²) in [5.41, 5.74) is 6.97. The lowest BCUT2D eigenvalue weighted by Gasteiger charge is -2.19. The molecular formula is C39H26N2. The summed E-state index contributed by atoms with van der Waals surface area (Å²) >= 11 is 0. The molecule has 0 aliphatic rings. The zero-order valence-electron chi connectivity index (χ0n) is 22.7. The number of rotatable bonds is 3. The lowest BCUT2D eigenvalue weighted by Crippen LogP contribution is -1.93. The second kappa shape index (κ2) is 9.39. The molecule has 8 aromatic rings. The lowest BCUT2D eigenvalue weighted by atomic mass is 9.84. The van der Waals surface area contributed by atoms with Crippen LogP contribution in [0.2, 0.25) is 0 Å². The van der Waals surface area contributed by atoms with Crippen LogP contribution < -0.4 is 0 Å². The zero-order chi connectivity index (χ0) is 27.3. The Hall–Kier alpha value is -5.34. The predicted octanol–water partition coefficient (Wildman–Crippen LogP) is 10.4. The summed E-state index contributed by atoms with van der Waals surface area (Å²) in [6.07, 6.45) is 1.84. The molecule has 7 aromatic carbocycles. The quantitative estimate of drug-likeness (QED) is 0.216. The smallest absolute Gasteiger partial charge is 0.125 e. The fourth-order valence-corrected chi connectivity index (χ4v) is 6.27. The second-order valence-electron chi connectivity index (χ2n) is 10.7. The van der Waals surface area contributed by atoms with Crippen LogP contribution in [-0.4, -0.2) is 9.97 Å². The average Bonchev–Trinajstić information content (AvgIpc) is 3.03. The van der Waals surface area contributed by atoms with Crippen molar-refractivity contribution in [2.24, 2.45) is 0 Å². The summed E-state index contributed by atoms with van der Waals surface area (Å²) in [4.78, 5) is 9.09. The van der Waals surface area contributed by atoms with Crippen molar-refractivity contribution in [1.29, 1.82) is 0 Å². The minimum Gasteiger partial charge on any atom is -0.242 e. The first-order chi connectivity index (χ1) is 20.2. The van der Waals surface area contributed by atoms with Gasteiger partial charge >= 0.3 is 0 Å². The molecule has 0 amide bonds. The topological polar surface area (TPSA) is 25.8 Å². The first kappa shape index (κ1) is 23.5. The van der Waals surface area contributed by atoms with E-state index in [1.54, 1.807) is 0 Å². The van der Waals surface area contributed by atoms with Crippen molar-refractivity contribution in [2.45, 2.75) is 6.92 Å². The summed E-state index contributed by atoms with van der Waals surface area (Å²) < 4.78 is 0. The van der Waals surface area contributed by atoms with Crippen molar-refractivity contribution in [2.75, 3.05) is 0 Å². The Kier molecular flexibility index (Phi) is 5.39. The van der Waals surface area contributed by atoms with E-state index in [2.05, 4.69) is 132 Å². The van der Waals surface area contributed by atoms with Crippen molar-refractivity contribution in [3.05, 3.63) is 145 Å². The molecule has 8 rings (SSSR count). The zero-order valence-corrected chi connectivity index (χ0v) is 22.7. The summed E-state index contributed by atoms with van der Waals surface area (Å²) in [7, 11) is 0. The van der Waals surface area contributed by atoms with Crippen LogP contribution in [0.25, 0.3) is 76.6 Å². The van der Waals surface area contributed by atoms with E-state index in [4.69, 9.17) is 4.98 Å². The number of hydrogen-bond acceptors (Lipinski definition) is 2. The van der Waals surface area contributed by atoms with Gasteiger partial charge in [-0.1, -0.05) is 109 Å². The van der Waals surface area contributed by atoms with Gasteiger partial charge in [0.25, 0.3) is 0 Å². The molecule has 2 nitrogen and oxygen atoms in total. The maximum atomic E-state index is 4.76. The van der Waals surface area contributed by atoms with Crippen molar-refractivity contribution < 1.29 is 0 Å². The first-order valence-corrected chi connectivity index (χ1v) is 14.0. The highest BCUT2D eigenvalue weighted by atomic mass is 14.9. The third-order valence-electron chi connectivity index (χ3n) is 8.17. The highest BCUT2D eigenvalue weighted by Gasteiger charge is 2.18. The minimum absolute atomic E-state index is 0.771. The molecule has 0 fully saturated rings.